The van der Waals surface area contributed by atoms with Crippen LogP contribution in [0.3, 0.4) is 0 Å². The van der Waals surface area contributed by atoms with Gasteiger partial charge in [0.25, 0.3) is 0 Å². The summed E-state index contributed by atoms with van der Waals surface area (Å²) in [6.07, 6.45) is -4.36. The molecular weight excluding hydrogens is 415 g/mol. The second-order valence-electron chi connectivity index (χ2n) is 6.50. The number of anilines is 1. The lowest BCUT2D eigenvalue weighted by atomic mass is 10.2. The minimum atomic E-state index is -4.36. The van der Waals surface area contributed by atoms with Crippen LogP contribution in [-0.4, -0.2) is 11.6 Å². The largest absolute Gasteiger partial charge is 0.416 e. The van der Waals surface area contributed by atoms with Gasteiger partial charge in [0, 0.05) is 18.5 Å². The first-order valence-corrected chi connectivity index (χ1v) is 10.6. The highest BCUT2D eigenvalue weighted by Gasteiger charge is 2.33. The zero-order chi connectivity index (χ0) is 20.8. The molecular formula is C21H18F3N3S2. The van der Waals surface area contributed by atoms with Crippen molar-refractivity contribution in [1.29, 1.82) is 0 Å². The average molecular weight is 434 g/mol. The highest BCUT2D eigenvalue weighted by Crippen LogP contribution is 2.47. The van der Waals surface area contributed by atoms with E-state index in [0.29, 0.717) is 11.4 Å². The number of para-hydroxylation sites is 1. The fraction of sp³-hybridized carbons (Fsp3) is 0.190. The van der Waals surface area contributed by atoms with Crippen LogP contribution in [0.25, 0.3) is 11.6 Å². The van der Waals surface area contributed by atoms with Crippen molar-refractivity contribution in [1.82, 2.24) is 4.57 Å². The Balaban J connectivity index is 1.88. The Hall–Kier alpha value is -2.45. The molecule has 0 amide bonds. The van der Waals surface area contributed by atoms with Gasteiger partial charge in [0.2, 0.25) is 0 Å². The Morgan fingerprint density at radius 2 is 1.83 bits per heavy atom. The summed E-state index contributed by atoms with van der Waals surface area (Å²) < 4.78 is 42.2. The third-order valence-corrected chi connectivity index (χ3v) is 7.14. The normalized spacial score (nSPS) is 16.4. The van der Waals surface area contributed by atoms with E-state index in [4.69, 9.17) is 4.99 Å². The zero-order valence-electron chi connectivity index (χ0n) is 15.8. The third-order valence-electron chi connectivity index (χ3n) is 4.66. The second-order valence-corrected chi connectivity index (χ2v) is 8.51. The van der Waals surface area contributed by atoms with Crippen LogP contribution >= 0.6 is 23.1 Å². The maximum atomic E-state index is 13.1. The van der Waals surface area contributed by atoms with Gasteiger partial charge in [-0.15, -0.1) is 0 Å². The van der Waals surface area contributed by atoms with Gasteiger partial charge in [-0.25, -0.2) is 4.99 Å². The Morgan fingerprint density at radius 3 is 2.48 bits per heavy atom. The smallest absolute Gasteiger partial charge is 0.337 e. The maximum Gasteiger partial charge on any atom is 0.416 e. The lowest BCUT2D eigenvalue weighted by Gasteiger charge is -2.13. The lowest BCUT2D eigenvalue weighted by molar-refractivity contribution is -0.137. The van der Waals surface area contributed by atoms with Crippen LogP contribution in [0.15, 0.2) is 58.4 Å². The molecule has 1 aromatic heterocycles. The molecule has 0 N–H and O–H groups in total. The topological polar surface area (TPSA) is 20.5 Å². The number of thiazole rings is 1. The molecule has 0 unspecified atom stereocenters. The molecule has 150 valence electrons. The van der Waals surface area contributed by atoms with Gasteiger partial charge in [0.1, 0.15) is 0 Å². The number of nitrogens with zero attached hydrogens (tertiary/aromatic N) is 3. The van der Waals surface area contributed by atoms with Gasteiger partial charge in [-0.1, -0.05) is 47.9 Å². The number of aromatic nitrogens is 1. The third kappa shape index (κ3) is 3.62. The van der Waals surface area contributed by atoms with Crippen molar-refractivity contribution in [2.24, 2.45) is 4.99 Å². The van der Waals surface area contributed by atoms with E-state index < -0.39 is 11.7 Å². The number of thioether (sulfide) groups is 1. The van der Waals surface area contributed by atoms with Crippen molar-refractivity contribution in [3.63, 3.8) is 0 Å². The second kappa shape index (κ2) is 7.42. The van der Waals surface area contributed by atoms with Gasteiger partial charge in [-0.05, 0) is 37.3 Å². The fourth-order valence-electron chi connectivity index (χ4n) is 3.16. The Bertz CT molecular complexity index is 1240. The molecule has 0 fully saturated rings. The SMILES string of the molecule is C=c1/c(=C2\Sc3cc(C(F)(F)F)ccc3N2C)sc(=Nc2ccccc2)n1CC. The number of benzene rings is 2. The Kier molecular flexibility index (Phi) is 5.08. The molecule has 2 heterocycles. The van der Waals surface area contributed by atoms with Crippen LogP contribution in [0.1, 0.15) is 12.5 Å². The number of halogens is 3. The molecule has 2 aromatic carbocycles. The van der Waals surface area contributed by atoms with Crippen LogP contribution < -0.4 is 19.6 Å². The van der Waals surface area contributed by atoms with Crippen molar-refractivity contribution in [2.75, 3.05) is 11.9 Å². The minimum Gasteiger partial charge on any atom is -0.337 e. The molecule has 0 aliphatic carbocycles. The molecule has 3 nitrogen and oxygen atoms in total. The standard InChI is InChI=1S/C21H18F3N3S2/c1-4-27-13(2)18(29-20(27)25-15-8-6-5-7-9-15)19-26(3)16-11-10-14(21(22,23)24)12-17(16)28-19/h5-12H,2,4H2,1,3H3/b19-18+,25-20?. The summed E-state index contributed by atoms with van der Waals surface area (Å²) in [5.74, 6) is 0. The first-order chi connectivity index (χ1) is 13.8. The molecule has 0 atom stereocenters. The van der Waals surface area contributed by atoms with E-state index in [1.54, 1.807) is 0 Å². The number of rotatable bonds is 2. The van der Waals surface area contributed by atoms with E-state index in [9.17, 15) is 13.2 Å². The monoisotopic (exact) mass is 433 g/mol. The molecule has 1 aliphatic rings. The summed E-state index contributed by atoms with van der Waals surface area (Å²) in [6, 6.07) is 13.5. The summed E-state index contributed by atoms with van der Waals surface area (Å²) in [5.41, 5.74) is 0.969. The zero-order valence-corrected chi connectivity index (χ0v) is 17.5. The molecule has 0 spiro atoms. The van der Waals surface area contributed by atoms with Gasteiger partial charge in [-0.2, -0.15) is 13.2 Å². The molecule has 0 radical (unpaired) electrons. The molecule has 1 aliphatic heterocycles. The van der Waals surface area contributed by atoms with Gasteiger partial charge < -0.3 is 9.47 Å². The van der Waals surface area contributed by atoms with Crippen molar-refractivity contribution >= 4 is 46.1 Å². The quantitative estimate of drug-likeness (QED) is 0.592. The fourth-order valence-corrected chi connectivity index (χ4v) is 5.70. The molecule has 0 bridgehead atoms. The van der Waals surface area contributed by atoms with Crippen molar-refractivity contribution in [2.45, 2.75) is 24.5 Å². The van der Waals surface area contributed by atoms with Crippen LogP contribution in [0.5, 0.6) is 0 Å². The molecule has 29 heavy (non-hydrogen) atoms. The molecule has 0 saturated carbocycles. The van der Waals surface area contributed by atoms with E-state index in [-0.39, 0.29) is 0 Å². The van der Waals surface area contributed by atoms with Crippen LogP contribution in [0.2, 0.25) is 0 Å². The lowest BCUT2D eigenvalue weighted by Crippen LogP contribution is -2.33. The van der Waals surface area contributed by atoms with Crippen molar-refractivity contribution in [3.05, 3.63) is 68.8 Å². The van der Waals surface area contributed by atoms with E-state index in [1.165, 1.54) is 35.2 Å². The number of hydrogen-bond acceptors (Lipinski definition) is 4. The molecule has 3 aromatic rings. The maximum absolute atomic E-state index is 13.1. The van der Waals surface area contributed by atoms with E-state index in [1.807, 2.05) is 53.8 Å². The van der Waals surface area contributed by atoms with Crippen LogP contribution in [-0.2, 0) is 12.7 Å². The summed E-state index contributed by atoms with van der Waals surface area (Å²) >= 11 is 2.84. The first kappa shape index (κ1) is 19.8. The number of alkyl halides is 3. The van der Waals surface area contributed by atoms with Gasteiger partial charge in [0.15, 0.2) is 4.80 Å². The molecule has 8 heteroatoms. The van der Waals surface area contributed by atoms with Crippen molar-refractivity contribution < 1.29 is 13.2 Å². The molecule has 4 rings (SSSR count). The minimum absolute atomic E-state index is 0.592. The van der Waals surface area contributed by atoms with Crippen LogP contribution in [0, 0.1) is 0 Å². The summed E-state index contributed by atoms with van der Waals surface area (Å²) in [5, 5.41) is 1.68. The predicted molar refractivity (Wildman–Crippen MR) is 114 cm³/mol. The number of fused-ring (bicyclic) bond motifs is 1. The average Bonchev–Trinajstić information content (AvgIpc) is 3.18. The summed E-state index contributed by atoms with van der Waals surface area (Å²) in [7, 11) is 1.87. The van der Waals surface area contributed by atoms with Gasteiger partial charge in [-0.3, -0.25) is 0 Å². The Morgan fingerprint density at radius 1 is 1.10 bits per heavy atom. The van der Waals surface area contributed by atoms with Crippen molar-refractivity contribution in [3.8, 4) is 0 Å². The summed E-state index contributed by atoms with van der Waals surface area (Å²) in [4.78, 5) is 8.07. The number of hydrogen-bond donors (Lipinski definition) is 0. The van der Waals surface area contributed by atoms with E-state index in [2.05, 4.69) is 6.58 Å². The highest BCUT2D eigenvalue weighted by atomic mass is 32.2. The van der Waals surface area contributed by atoms with Gasteiger partial charge in [0.05, 0.1) is 31.8 Å². The van der Waals surface area contributed by atoms with Gasteiger partial charge >= 0.3 is 6.18 Å². The summed E-state index contributed by atoms with van der Waals surface area (Å²) in [6.45, 7) is 6.95. The van der Waals surface area contributed by atoms with E-state index >= 15 is 0 Å². The molecule has 0 saturated heterocycles. The van der Waals surface area contributed by atoms with Crippen LogP contribution in [0.4, 0.5) is 24.5 Å². The predicted octanol–water partition coefficient (Wildman–Crippen LogP) is 4.54. The van der Waals surface area contributed by atoms with E-state index in [0.717, 1.165) is 37.2 Å². The first-order valence-electron chi connectivity index (χ1n) is 8.95. The highest BCUT2D eigenvalue weighted by molar-refractivity contribution is 8.08. The Labute approximate surface area is 174 Å².